The SMILES string of the molecule is C.CC(C)C1=NCN=C1.CC(C)C1N=CC=N1.CC(C)c1ccn[nH]1.CC(C)c1ccno1.CC(C)c1cnc[nH]1. The van der Waals surface area contributed by atoms with Crippen LogP contribution in [0.4, 0.5) is 0 Å². The second-order valence-corrected chi connectivity index (χ2v) is 10.8. The van der Waals surface area contributed by atoms with Gasteiger partial charge in [-0.2, -0.15) is 5.10 Å². The molecule has 0 bridgehead atoms. The number of hydrogen-bond donors (Lipinski definition) is 2. The molecule has 228 valence electrons. The molecule has 0 unspecified atom stereocenters. The van der Waals surface area contributed by atoms with Crippen LogP contribution in [0.5, 0.6) is 0 Å². The summed E-state index contributed by atoms with van der Waals surface area (Å²) in [7, 11) is 0. The molecule has 0 saturated carbocycles. The van der Waals surface area contributed by atoms with Gasteiger partial charge in [-0.05, 0) is 29.7 Å². The summed E-state index contributed by atoms with van der Waals surface area (Å²) in [6.45, 7) is 21.8. The Kier molecular flexibility index (Phi) is 19.2. The summed E-state index contributed by atoms with van der Waals surface area (Å²) in [5, 5.41) is 10.3. The van der Waals surface area contributed by atoms with Gasteiger partial charge in [0.25, 0.3) is 0 Å². The minimum absolute atomic E-state index is 0. The molecule has 3 aromatic heterocycles. The molecular weight excluding hydrogens is 514 g/mol. The van der Waals surface area contributed by atoms with E-state index in [9.17, 15) is 0 Å². The van der Waals surface area contributed by atoms with E-state index in [1.54, 1.807) is 31.2 Å². The van der Waals surface area contributed by atoms with Crippen molar-refractivity contribution in [3.05, 3.63) is 54.2 Å². The van der Waals surface area contributed by atoms with Crippen molar-refractivity contribution in [2.75, 3.05) is 6.67 Å². The number of aromatic nitrogens is 5. The highest BCUT2D eigenvalue weighted by Crippen LogP contribution is 2.11. The third-order valence-corrected chi connectivity index (χ3v) is 5.60. The molecule has 0 radical (unpaired) electrons. The largest absolute Gasteiger partial charge is 0.361 e. The Morgan fingerprint density at radius 1 is 0.805 bits per heavy atom. The normalized spacial score (nSPS) is 13.2. The van der Waals surface area contributed by atoms with Crippen molar-refractivity contribution in [2.45, 2.75) is 101 Å². The van der Waals surface area contributed by atoms with Gasteiger partial charge < -0.3 is 9.51 Å². The van der Waals surface area contributed by atoms with Crippen molar-refractivity contribution in [3.63, 3.8) is 0 Å². The molecule has 5 rings (SSSR count). The van der Waals surface area contributed by atoms with E-state index in [-0.39, 0.29) is 13.6 Å². The standard InChI is InChI=1S/4C6H10N2.C6H9NO.CH4/c2*1-5(2)6-3-7-4-8-6;1-5(2)6-7-3-4-8-6;2*1-5(2)6-3-4-7-8-6;/h3,5H,4H2,1-2H3;3-5H,1-2H3,(H,7,8);3-6H,1-2H3;3-5H,1-2H3,(H,7,8);3-5H,1-2H3;1H4. The van der Waals surface area contributed by atoms with E-state index in [1.807, 2.05) is 24.5 Å². The lowest BCUT2D eigenvalue weighted by Gasteiger charge is -2.05. The van der Waals surface area contributed by atoms with Gasteiger partial charge in [-0.15, -0.1) is 0 Å². The molecule has 10 heteroatoms. The number of nitrogens with one attached hydrogen (secondary N) is 2. The number of H-pyrrole nitrogens is 2. The van der Waals surface area contributed by atoms with Gasteiger partial charge in [-0.3, -0.25) is 25.1 Å². The molecule has 2 aliphatic rings. The zero-order chi connectivity index (χ0) is 29.9. The van der Waals surface area contributed by atoms with E-state index in [0.717, 1.165) is 11.5 Å². The van der Waals surface area contributed by atoms with Gasteiger partial charge in [-0.25, -0.2) is 4.98 Å². The zero-order valence-electron chi connectivity index (χ0n) is 25.9. The third-order valence-electron chi connectivity index (χ3n) is 5.60. The van der Waals surface area contributed by atoms with E-state index < -0.39 is 0 Å². The molecule has 10 nitrogen and oxygen atoms in total. The maximum atomic E-state index is 4.84. The number of rotatable bonds is 5. The lowest BCUT2D eigenvalue weighted by atomic mass is 10.1. The highest BCUT2D eigenvalue weighted by molar-refractivity contribution is 6.32. The van der Waals surface area contributed by atoms with Crippen molar-refractivity contribution in [1.82, 2.24) is 25.3 Å². The van der Waals surface area contributed by atoms with E-state index in [0.29, 0.717) is 36.3 Å². The summed E-state index contributed by atoms with van der Waals surface area (Å²) < 4.78 is 4.84. The summed E-state index contributed by atoms with van der Waals surface area (Å²) in [6.07, 6.45) is 12.6. The first-order chi connectivity index (χ1) is 19.0. The molecule has 0 fully saturated rings. The fourth-order valence-electron chi connectivity index (χ4n) is 2.96. The highest BCUT2D eigenvalue weighted by Gasteiger charge is 2.09. The number of nitrogens with zero attached hydrogens (tertiary/aromatic N) is 7. The molecule has 0 aliphatic carbocycles. The molecule has 0 atom stereocenters. The molecule has 5 heterocycles. The molecule has 3 aromatic rings. The molecule has 0 spiro atoms. The van der Waals surface area contributed by atoms with Crippen LogP contribution in [-0.4, -0.2) is 62.5 Å². The molecule has 0 aromatic carbocycles. The fraction of sp³-hybridized carbons (Fsp3) is 0.581. The van der Waals surface area contributed by atoms with Gasteiger partial charge in [0.15, 0.2) is 0 Å². The van der Waals surface area contributed by atoms with Crippen LogP contribution in [-0.2, 0) is 0 Å². The van der Waals surface area contributed by atoms with Gasteiger partial charge in [0.2, 0.25) is 0 Å². The molecule has 2 N–H and O–H groups in total. The van der Waals surface area contributed by atoms with Crippen LogP contribution in [0.15, 0.2) is 61.5 Å². The molecule has 0 amide bonds. The van der Waals surface area contributed by atoms with Gasteiger partial charge in [0.1, 0.15) is 18.6 Å². The zero-order valence-corrected chi connectivity index (χ0v) is 25.9. The van der Waals surface area contributed by atoms with Gasteiger partial charge >= 0.3 is 0 Å². The van der Waals surface area contributed by atoms with Crippen LogP contribution in [0.2, 0.25) is 0 Å². The summed E-state index contributed by atoms with van der Waals surface area (Å²) in [6, 6.07) is 3.87. The van der Waals surface area contributed by atoms with Crippen molar-refractivity contribution in [1.29, 1.82) is 0 Å². The maximum absolute atomic E-state index is 4.84. The minimum Gasteiger partial charge on any atom is -0.361 e. The van der Waals surface area contributed by atoms with Crippen molar-refractivity contribution in [2.24, 2.45) is 31.8 Å². The van der Waals surface area contributed by atoms with E-state index in [4.69, 9.17) is 4.52 Å². The van der Waals surface area contributed by atoms with E-state index >= 15 is 0 Å². The van der Waals surface area contributed by atoms with Gasteiger partial charge in [-0.1, -0.05) is 81.8 Å². The lowest BCUT2D eigenvalue weighted by Crippen LogP contribution is -2.05. The molecule has 41 heavy (non-hydrogen) atoms. The van der Waals surface area contributed by atoms with Crippen molar-refractivity contribution >= 4 is 24.4 Å². The Morgan fingerprint density at radius 3 is 1.71 bits per heavy atom. The average Bonchev–Trinajstić information content (AvgIpc) is 3.74. The van der Waals surface area contributed by atoms with Crippen LogP contribution in [0.1, 0.15) is 112 Å². The first-order valence-electron chi connectivity index (χ1n) is 14.0. The number of aromatic amines is 2. The Labute approximate surface area is 247 Å². The highest BCUT2D eigenvalue weighted by atomic mass is 16.5. The quantitative estimate of drug-likeness (QED) is 0.326. The van der Waals surface area contributed by atoms with E-state index in [1.165, 1.54) is 11.4 Å². The Morgan fingerprint density at radius 2 is 1.46 bits per heavy atom. The van der Waals surface area contributed by atoms with Crippen molar-refractivity contribution in [3.8, 4) is 0 Å². The molecule has 2 aliphatic heterocycles. The van der Waals surface area contributed by atoms with Crippen LogP contribution in [0, 0.1) is 11.8 Å². The second kappa shape index (κ2) is 21.1. The fourth-order valence-corrected chi connectivity index (χ4v) is 2.96. The van der Waals surface area contributed by atoms with Crippen molar-refractivity contribution < 1.29 is 4.52 Å². The number of hydrogen-bond acceptors (Lipinski definition) is 8. The monoisotopic (exact) mass is 567 g/mol. The summed E-state index contributed by atoms with van der Waals surface area (Å²) >= 11 is 0. The Bertz CT molecular complexity index is 1000. The Balaban J connectivity index is 0.000000485. The smallest absolute Gasteiger partial charge is 0.141 e. The van der Waals surface area contributed by atoms with E-state index in [2.05, 4.69) is 115 Å². The van der Waals surface area contributed by atoms with Gasteiger partial charge in [0, 0.05) is 54.4 Å². The number of aliphatic imine (C=N–C) groups is 4. The predicted octanol–water partition coefficient (Wildman–Crippen LogP) is 7.75. The topological polar surface area (TPSA) is 133 Å². The summed E-state index contributed by atoms with van der Waals surface area (Å²) in [4.78, 5) is 23.2. The van der Waals surface area contributed by atoms with Gasteiger partial charge in [0.05, 0.1) is 18.2 Å². The maximum Gasteiger partial charge on any atom is 0.141 e. The third kappa shape index (κ3) is 16.2. The van der Waals surface area contributed by atoms with Crippen LogP contribution in [0.25, 0.3) is 0 Å². The minimum atomic E-state index is 0. The predicted molar refractivity (Wildman–Crippen MR) is 174 cm³/mol. The lowest BCUT2D eigenvalue weighted by molar-refractivity contribution is 0.371. The second-order valence-electron chi connectivity index (χ2n) is 10.8. The molecule has 0 saturated heterocycles. The number of imidazole rings is 1. The summed E-state index contributed by atoms with van der Waals surface area (Å²) in [5.74, 6) is 3.63. The van der Waals surface area contributed by atoms with Crippen LogP contribution < -0.4 is 0 Å². The first-order valence-corrected chi connectivity index (χ1v) is 14.0. The summed E-state index contributed by atoms with van der Waals surface area (Å²) in [5.41, 5.74) is 3.53. The molecular formula is C31H53N9O. The average molecular weight is 568 g/mol. The van der Waals surface area contributed by atoms with Crippen LogP contribution >= 0.6 is 0 Å². The first kappa shape index (κ1) is 37.3. The van der Waals surface area contributed by atoms with Crippen LogP contribution in [0.3, 0.4) is 0 Å². The Hall–Kier alpha value is -3.69.